The summed E-state index contributed by atoms with van der Waals surface area (Å²) in [5.41, 5.74) is 0.470. The van der Waals surface area contributed by atoms with E-state index in [0.29, 0.717) is 18.8 Å². The minimum absolute atomic E-state index is 0.00674. The Labute approximate surface area is 212 Å². The summed E-state index contributed by atoms with van der Waals surface area (Å²) in [7, 11) is 0.377. The van der Waals surface area contributed by atoms with E-state index in [1.807, 2.05) is 6.08 Å². The number of hydrogen-bond acceptors (Lipinski definition) is 6. The van der Waals surface area contributed by atoms with E-state index in [9.17, 15) is 14.4 Å². The van der Waals surface area contributed by atoms with Crippen LogP contribution in [0.1, 0.15) is 47.0 Å². The summed E-state index contributed by atoms with van der Waals surface area (Å²) >= 11 is 0. The Hall–Kier alpha value is -1.97. The van der Waals surface area contributed by atoms with Gasteiger partial charge in [-0.15, -0.1) is 0 Å². The molecule has 5 atom stereocenters. The molecule has 0 spiro atoms. The van der Waals surface area contributed by atoms with Crippen LogP contribution in [0.2, 0.25) is 13.1 Å². The van der Waals surface area contributed by atoms with Crippen LogP contribution < -0.4 is 5.32 Å². The van der Waals surface area contributed by atoms with Gasteiger partial charge in [-0.1, -0.05) is 39.5 Å². The molecule has 0 radical (unpaired) electrons. The summed E-state index contributed by atoms with van der Waals surface area (Å²) in [6.45, 7) is 17.0. The first kappa shape index (κ1) is 29.3. The zero-order chi connectivity index (χ0) is 26.3. The van der Waals surface area contributed by atoms with Gasteiger partial charge in [0.2, 0.25) is 5.91 Å². The minimum Gasteiger partial charge on any atom is -0.445 e. The number of ether oxygens (including phenoxy) is 2. The number of amides is 2. The van der Waals surface area contributed by atoms with E-state index < -0.39 is 15.1 Å². The van der Waals surface area contributed by atoms with Gasteiger partial charge in [0.15, 0.2) is 14.8 Å². The third-order valence-corrected chi connectivity index (χ3v) is 7.81. The molecular formula is C26H44N2O6Si. The molecule has 0 aromatic carbocycles. The fourth-order valence-electron chi connectivity index (χ4n) is 4.95. The smallest absolute Gasteiger partial charge is 0.410 e. The van der Waals surface area contributed by atoms with Crippen LogP contribution in [0.5, 0.6) is 0 Å². The molecule has 0 aromatic rings. The molecule has 2 rings (SSSR count). The molecule has 2 aliphatic rings. The average Bonchev–Trinajstić information content (AvgIpc) is 3.15. The summed E-state index contributed by atoms with van der Waals surface area (Å²) < 4.78 is 16.6. The molecule has 0 saturated carbocycles. The van der Waals surface area contributed by atoms with Crippen LogP contribution in [-0.2, 0) is 23.5 Å². The lowest BCUT2D eigenvalue weighted by molar-refractivity contribution is -0.143. The lowest BCUT2D eigenvalue weighted by Gasteiger charge is -2.46. The van der Waals surface area contributed by atoms with Crippen LogP contribution in [0.25, 0.3) is 0 Å². The van der Waals surface area contributed by atoms with Crippen molar-refractivity contribution in [1.82, 2.24) is 10.2 Å². The van der Waals surface area contributed by atoms with Gasteiger partial charge in [0.25, 0.3) is 0 Å². The second-order valence-electron chi connectivity index (χ2n) is 11.0. The number of Topliss-reactive ketones (excluding diaryl/α,β-unsaturated/α-hetero) is 1. The lowest BCUT2D eigenvalue weighted by atomic mass is 9.66. The van der Waals surface area contributed by atoms with Crippen molar-refractivity contribution in [1.29, 1.82) is 0 Å². The van der Waals surface area contributed by atoms with Gasteiger partial charge in [-0.25, -0.2) is 4.79 Å². The molecule has 1 N–H and O–H groups in total. The van der Waals surface area contributed by atoms with Gasteiger partial charge in [-0.2, -0.15) is 0 Å². The number of methoxy groups -OCH3 is 1. The number of hydrogen-bond donors (Lipinski definition) is 1. The van der Waals surface area contributed by atoms with Crippen molar-refractivity contribution >= 4 is 26.8 Å². The first-order chi connectivity index (χ1) is 16.4. The number of carbonyl (C=O) groups excluding carboxylic acids is 3. The van der Waals surface area contributed by atoms with E-state index >= 15 is 0 Å². The van der Waals surface area contributed by atoms with Crippen LogP contribution >= 0.6 is 0 Å². The van der Waals surface area contributed by atoms with Crippen molar-refractivity contribution in [2.45, 2.75) is 78.2 Å². The van der Waals surface area contributed by atoms with Crippen LogP contribution in [0.3, 0.4) is 0 Å². The lowest BCUT2D eigenvalue weighted by Crippen LogP contribution is -2.63. The molecule has 0 aromatic heterocycles. The quantitative estimate of drug-likeness (QED) is 0.188. The second-order valence-corrected chi connectivity index (χ2v) is 13.4. The first-order valence-electron chi connectivity index (χ1n) is 12.6. The molecule has 198 valence electrons. The highest BCUT2D eigenvalue weighted by atomic mass is 28.3. The highest BCUT2D eigenvalue weighted by Gasteiger charge is 2.49. The molecule has 0 aliphatic carbocycles. The van der Waals surface area contributed by atoms with Gasteiger partial charge in [0.05, 0.1) is 24.6 Å². The minimum atomic E-state index is -1.23. The van der Waals surface area contributed by atoms with E-state index in [4.69, 9.17) is 13.9 Å². The summed E-state index contributed by atoms with van der Waals surface area (Å²) in [6.07, 6.45) is 4.69. The number of nitrogens with zero attached hydrogens (tertiary/aromatic N) is 1. The topological polar surface area (TPSA) is 94.2 Å². The maximum absolute atomic E-state index is 13.2. The molecular weight excluding hydrogens is 464 g/mol. The highest BCUT2D eigenvalue weighted by Crippen LogP contribution is 2.39. The van der Waals surface area contributed by atoms with E-state index in [1.165, 1.54) is 6.08 Å². The fraction of sp³-hybridized carbons (Fsp3) is 0.731. The number of rotatable bonds is 12. The van der Waals surface area contributed by atoms with Crippen molar-refractivity contribution in [3.05, 3.63) is 24.3 Å². The van der Waals surface area contributed by atoms with Crippen molar-refractivity contribution in [3.63, 3.8) is 0 Å². The van der Waals surface area contributed by atoms with Gasteiger partial charge in [0, 0.05) is 26.2 Å². The predicted molar refractivity (Wildman–Crippen MR) is 139 cm³/mol. The molecule has 2 fully saturated rings. The predicted octanol–water partition coefficient (Wildman–Crippen LogP) is 3.47. The third kappa shape index (κ3) is 7.75. The number of nitrogens with one attached hydrogen (secondary N) is 1. The first-order valence-corrected chi connectivity index (χ1v) is 15.4. The van der Waals surface area contributed by atoms with Gasteiger partial charge < -0.3 is 19.2 Å². The Bertz CT molecular complexity index is 806. The number of β-lactam (4-membered cyclic amide) rings is 1. The van der Waals surface area contributed by atoms with Gasteiger partial charge in [-0.3, -0.25) is 14.5 Å². The second kappa shape index (κ2) is 12.8. The van der Waals surface area contributed by atoms with Crippen LogP contribution in [0.4, 0.5) is 4.79 Å². The monoisotopic (exact) mass is 508 g/mol. The SMILES string of the molecule is C=CCOC(=O)N1C(C=C(C)C(=O)C[C@H]2NC(=O)[C@H]2[C@@H](CO[SiH](C)C)C(C)(C)C)CCC1COC. The van der Waals surface area contributed by atoms with E-state index in [0.717, 1.165) is 12.8 Å². The fourth-order valence-corrected chi connectivity index (χ4v) is 5.54. The van der Waals surface area contributed by atoms with E-state index in [2.05, 4.69) is 45.8 Å². The molecule has 2 unspecified atom stereocenters. The zero-order valence-corrected chi connectivity index (χ0v) is 23.6. The molecule has 9 heteroatoms. The standard InChI is InChI=1S/C26H44N2O6Si/c1-9-12-33-25(31)28-18(10-11-19(28)15-32-6)13-17(2)22(29)14-21-23(24(30)27-21)20(26(3,4)5)16-34-35(7)8/h9,13,18-21,23,35H,1,10-12,14-16H2,2-8H3,(H,27,30)/t18?,19?,20-,21-,23+/m1/s1. The Kier molecular flexibility index (Phi) is 10.7. The Morgan fingerprint density at radius 2 is 1.97 bits per heavy atom. The number of ketones is 1. The largest absolute Gasteiger partial charge is 0.445 e. The Balaban J connectivity index is 2.11. The van der Waals surface area contributed by atoms with Crippen LogP contribution in [-0.4, -0.2) is 76.8 Å². The van der Waals surface area contributed by atoms with Crippen molar-refractivity contribution in [2.75, 3.05) is 26.9 Å². The molecule has 2 amide bonds. The Morgan fingerprint density at radius 3 is 2.51 bits per heavy atom. The normalized spacial score (nSPS) is 25.8. The van der Waals surface area contributed by atoms with Crippen LogP contribution in [0.15, 0.2) is 24.3 Å². The molecule has 0 bridgehead atoms. The summed E-state index contributed by atoms with van der Waals surface area (Å²) in [5, 5.41) is 2.94. The van der Waals surface area contributed by atoms with Gasteiger partial charge in [0.1, 0.15) is 6.61 Å². The summed E-state index contributed by atoms with van der Waals surface area (Å²) in [4.78, 5) is 40.0. The third-order valence-electron chi connectivity index (χ3n) is 6.95. The molecule has 8 nitrogen and oxygen atoms in total. The number of likely N-dealkylation sites (tertiary alicyclic amines) is 1. The number of allylic oxidation sites excluding steroid dienone is 1. The van der Waals surface area contributed by atoms with E-state index in [-0.39, 0.29) is 60.1 Å². The van der Waals surface area contributed by atoms with Crippen molar-refractivity contribution in [3.8, 4) is 0 Å². The number of carbonyl (C=O) groups is 3. The zero-order valence-electron chi connectivity index (χ0n) is 22.5. The molecule has 2 heterocycles. The van der Waals surface area contributed by atoms with E-state index in [1.54, 1.807) is 18.9 Å². The van der Waals surface area contributed by atoms with Crippen molar-refractivity contribution < 1.29 is 28.3 Å². The summed E-state index contributed by atoms with van der Waals surface area (Å²) in [6, 6.07) is -0.554. The average molecular weight is 509 g/mol. The highest BCUT2D eigenvalue weighted by molar-refractivity contribution is 6.48. The van der Waals surface area contributed by atoms with Crippen molar-refractivity contribution in [2.24, 2.45) is 17.3 Å². The summed E-state index contributed by atoms with van der Waals surface area (Å²) in [5.74, 6) is -0.246. The van der Waals surface area contributed by atoms with Gasteiger partial charge in [-0.05, 0) is 49.8 Å². The van der Waals surface area contributed by atoms with Crippen LogP contribution in [0, 0.1) is 17.3 Å². The molecule has 2 aliphatic heterocycles. The molecule has 35 heavy (non-hydrogen) atoms. The maximum Gasteiger partial charge on any atom is 0.410 e. The maximum atomic E-state index is 13.2. The van der Waals surface area contributed by atoms with Gasteiger partial charge >= 0.3 is 6.09 Å². The Morgan fingerprint density at radius 1 is 1.29 bits per heavy atom. The molecule has 2 saturated heterocycles.